The van der Waals surface area contributed by atoms with Crippen LogP contribution in [0.25, 0.3) is 0 Å². The molecule has 0 spiro atoms. The molecule has 0 aromatic carbocycles. The number of carbonyl (C=O) groups is 3. The molecule has 7 heteroatoms. The molecular formula is C20H35N3O4. The molecule has 0 unspecified atom stereocenters. The first-order valence-corrected chi connectivity index (χ1v) is 9.66. The van der Waals surface area contributed by atoms with Crippen molar-refractivity contribution in [2.45, 2.75) is 64.5 Å². The summed E-state index contributed by atoms with van der Waals surface area (Å²) in [5.41, 5.74) is -0.347. The van der Waals surface area contributed by atoms with Crippen molar-refractivity contribution >= 4 is 17.8 Å². The first-order chi connectivity index (χ1) is 12.5. The highest BCUT2D eigenvalue weighted by atomic mass is 16.4. The van der Waals surface area contributed by atoms with E-state index in [4.69, 9.17) is 5.11 Å². The number of carbonyl (C=O) groups excluding carboxylic acids is 2. The summed E-state index contributed by atoms with van der Waals surface area (Å²) in [6, 6.07) is -0.344. The number of nitrogens with one attached hydrogen (secondary N) is 1. The number of carboxylic acids is 1. The number of likely N-dealkylation sites (N-methyl/N-ethyl adjacent to an activating group) is 2. The lowest BCUT2D eigenvalue weighted by atomic mass is 9.80. The standard InChI is InChI=1S/C20H35N3O4/c1-14(2)16(12-15(3)18(25)26)23(6)17(24)13-21-19(27)20(22(4)5)10-8-7-9-11-20/h12,14,16H,7-11,13H2,1-6H3,(H,21,27)(H,25,26)/t16-/m1/s1. The van der Waals surface area contributed by atoms with Gasteiger partial charge in [0.05, 0.1) is 18.1 Å². The summed E-state index contributed by atoms with van der Waals surface area (Å²) in [7, 11) is 5.47. The molecule has 0 aromatic rings. The van der Waals surface area contributed by atoms with E-state index in [1.54, 1.807) is 13.1 Å². The molecule has 0 radical (unpaired) electrons. The van der Waals surface area contributed by atoms with Crippen LogP contribution in [0.5, 0.6) is 0 Å². The van der Waals surface area contributed by atoms with Crippen molar-refractivity contribution in [3.8, 4) is 0 Å². The van der Waals surface area contributed by atoms with Gasteiger partial charge in [0.25, 0.3) is 0 Å². The summed E-state index contributed by atoms with van der Waals surface area (Å²) in [5.74, 6) is -1.29. The Bertz CT molecular complexity index is 578. The number of rotatable bonds is 8. The number of nitrogens with zero attached hydrogens (tertiary/aromatic N) is 2. The molecule has 0 heterocycles. The molecule has 2 amide bonds. The second-order valence-electron chi connectivity index (χ2n) is 8.06. The second kappa shape index (κ2) is 9.88. The monoisotopic (exact) mass is 381 g/mol. The van der Waals surface area contributed by atoms with E-state index in [-0.39, 0.29) is 35.9 Å². The van der Waals surface area contributed by atoms with Crippen LogP contribution in [0.4, 0.5) is 0 Å². The molecule has 154 valence electrons. The Morgan fingerprint density at radius 2 is 1.67 bits per heavy atom. The average molecular weight is 382 g/mol. The second-order valence-corrected chi connectivity index (χ2v) is 8.06. The van der Waals surface area contributed by atoms with Gasteiger partial charge in [-0.1, -0.05) is 39.2 Å². The molecule has 0 aliphatic heterocycles. The van der Waals surface area contributed by atoms with E-state index in [1.165, 1.54) is 11.8 Å². The van der Waals surface area contributed by atoms with E-state index >= 15 is 0 Å². The highest BCUT2D eigenvalue weighted by molar-refractivity contribution is 5.90. The maximum Gasteiger partial charge on any atom is 0.331 e. The Morgan fingerprint density at radius 3 is 2.11 bits per heavy atom. The van der Waals surface area contributed by atoms with Gasteiger partial charge in [0.2, 0.25) is 11.8 Å². The van der Waals surface area contributed by atoms with E-state index in [9.17, 15) is 14.4 Å². The zero-order valence-electron chi connectivity index (χ0n) is 17.5. The SMILES string of the molecule is CC(=C[C@H](C(C)C)N(C)C(=O)CNC(=O)C1(N(C)C)CCCCC1)C(=O)O. The number of aliphatic carboxylic acids is 1. The van der Waals surface area contributed by atoms with Crippen LogP contribution in [0.1, 0.15) is 52.9 Å². The predicted octanol–water partition coefficient (Wildman–Crippen LogP) is 1.88. The number of hydrogen-bond donors (Lipinski definition) is 2. The summed E-state index contributed by atoms with van der Waals surface area (Å²) in [6.45, 7) is 5.29. The predicted molar refractivity (Wildman–Crippen MR) is 105 cm³/mol. The average Bonchev–Trinajstić information content (AvgIpc) is 2.62. The maximum absolute atomic E-state index is 12.8. The topological polar surface area (TPSA) is 90.0 Å². The van der Waals surface area contributed by atoms with E-state index in [2.05, 4.69) is 5.32 Å². The molecule has 0 saturated heterocycles. The first kappa shape index (κ1) is 23.1. The van der Waals surface area contributed by atoms with Crippen LogP contribution in [0, 0.1) is 5.92 Å². The molecule has 1 saturated carbocycles. The number of hydrogen-bond acceptors (Lipinski definition) is 4. The molecule has 0 bridgehead atoms. The van der Waals surface area contributed by atoms with Crippen molar-refractivity contribution in [3.05, 3.63) is 11.6 Å². The fraction of sp³-hybridized carbons (Fsp3) is 0.750. The zero-order chi connectivity index (χ0) is 20.8. The third-order valence-electron chi connectivity index (χ3n) is 5.64. The quantitative estimate of drug-likeness (QED) is 0.627. The highest BCUT2D eigenvalue weighted by Gasteiger charge is 2.41. The Morgan fingerprint density at radius 1 is 1.11 bits per heavy atom. The van der Waals surface area contributed by atoms with Gasteiger partial charge in [-0.15, -0.1) is 0 Å². The van der Waals surface area contributed by atoms with Crippen LogP contribution in [-0.4, -0.2) is 72.0 Å². The Labute approximate surface area is 162 Å². The van der Waals surface area contributed by atoms with E-state index in [0.717, 1.165) is 32.1 Å². The van der Waals surface area contributed by atoms with Gasteiger partial charge in [0.1, 0.15) is 0 Å². The van der Waals surface area contributed by atoms with Crippen molar-refractivity contribution in [3.63, 3.8) is 0 Å². The fourth-order valence-electron chi connectivity index (χ4n) is 3.70. The molecule has 1 aliphatic rings. The lowest BCUT2D eigenvalue weighted by Gasteiger charge is -2.41. The summed E-state index contributed by atoms with van der Waals surface area (Å²) in [4.78, 5) is 40.1. The Balaban J connectivity index is 2.80. The van der Waals surface area contributed by atoms with Crippen molar-refractivity contribution in [2.75, 3.05) is 27.7 Å². The zero-order valence-corrected chi connectivity index (χ0v) is 17.5. The summed E-state index contributed by atoms with van der Waals surface area (Å²) < 4.78 is 0. The van der Waals surface area contributed by atoms with Crippen LogP contribution in [0.2, 0.25) is 0 Å². The smallest absolute Gasteiger partial charge is 0.331 e. The van der Waals surface area contributed by atoms with Crippen LogP contribution in [0.3, 0.4) is 0 Å². The van der Waals surface area contributed by atoms with Crippen LogP contribution in [0.15, 0.2) is 11.6 Å². The molecule has 1 aliphatic carbocycles. The van der Waals surface area contributed by atoms with Gasteiger partial charge >= 0.3 is 5.97 Å². The Kier molecular flexibility index (Phi) is 8.47. The minimum absolute atomic E-state index is 0.0513. The van der Waals surface area contributed by atoms with Gasteiger partial charge in [0, 0.05) is 12.6 Å². The minimum atomic E-state index is -1.000. The van der Waals surface area contributed by atoms with E-state index in [1.807, 2.05) is 32.8 Å². The molecular weight excluding hydrogens is 346 g/mol. The van der Waals surface area contributed by atoms with Crippen LogP contribution >= 0.6 is 0 Å². The molecule has 2 N–H and O–H groups in total. The fourth-order valence-corrected chi connectivity index (χ4v) is 3.70. The summed E-state index contributed by atoms with van der Waals surface area (Å²) in [5, 5.41) is 11.9. The van der Waals surface area contributed by atoms with Gasteiger partial charge in [-0.25, -0.2) is 4.79 Å². The summed E-state index contributed by atoms with van der Waals surface area (Å²) in [6.07, 6.45) is 6.34. The van der Waals surface area contributed by atoms with E-state index in [0.29, 0.717) is 0 Å². The summed E-state index contributed by atoms with van der Waals surface area (Å²) >= 11 is 0. The van der Waals surface area contributed by atoms with E-state index < -0.39 is 11.5 Å². The van der Waals surface area contributed by atoms with Crippen molar-refractivity contribution < 1.29 is 19.5 Å². The molecule has 7 nitrogen and oxygen atoms in total. The Hall–Kier alpha value is -1.89. The normalized spacial score (nSPS) is 18.3. The minimum Gasteiger partial charge on any atom is -0.478 e. The number of amides is 2. The van der Waals surface area contributed by atoms with Gasteiger partial charge in [0.15, 0.2) is 0 Å². The van der Waals surface area contributed by atoms with Crippen molar-refractivity contribution in [2.24, 2.45) is 5.92 Å². The largest absolute Gasteiger partial charge is 0.478 e. The third-order valence-corrected chi connectivity index (χ3v) is 5.64. The third kappa shape index (κ3) is 5.79. The maximum atomic E-state index is 12.8. The lowest BCUT2D eigenvalue weighted by molar-refractivity contribution is -0.138. The van der Waals surface area contributed by atoms with Crippen molar-refractivity contribution in [1.82, 2.24) is 15.1 Å². The van der Waals surface area contributed by atoms with Crippen LogP contribution < -0.4 is 5.32 Å². The highest BCUT2D eigenvalue weighted by Crippen LogP contribution is 2.32. The van der Waals surface area contributed by atoms with Crippen LogP contribution in [-0.2, 0) is 14.4 Å². The van der Waals surface area contributed by atoms with Gasteiger partial charge < -0.3 is 15.3 Å². The van der Waals surface area contributed by atoms with Crippen molar-refractivity contribution in [1.29, 1.82) is 0 Å². The van der Waals surface area contributed by atoms with Gasteiger partial charge in [-0.05, 0) is 39.8 Å². The molecule has 0 aromatic heterocycles. The van der Waals surface area contributed by atoms with Gasteiger partial charge in [-0.2, -0.15) is 0 Å². The molecule has 27 heavy (non-hydrogen) atoms. The molecule has 1 fully saturated rings. The molecule has 1 rings (SSSR count). The molecule has 1 atom stereocenters. The number of carboxylic acid groups (broad SMARTS) is 1. The lowest BCUT2D eigenvalue weighted by Crippen LogP contribution is -2.58. The van der Waals surface area contributed by atoms with Gasteiger partial charge in [-0.3, -0.25) is 14.5 Å². The first-order valence-electron chi connectivity index (χ1n) is 9.66.